The van der Waals surface area contributed by atoms with E-state index >= 15 is 0 Å². The lowest BCUT2D eigenvalue weighted by Gasteiger charge is -1.99. The van der Waals surface area contributed by atoms with E-state index in [2.05, 4.69) is 4.98 Å². The van der Waals surface area contributed by atoms with Gasteiger partial charge in [-0.15, -0.1) is 11.3 Å². The van der Waals surface area contributed by atoms with E-state index in [0.29, 0.717) is 16.6 Å². The van der Waals surface area contributed by atoms with Crippen molar-refractivity contribution in [3.8, 4) is 0 Å². The fourth-order valence-electron chi connectivity index (χ4n) is 1.57. The van der Waals surface area contributed by atoms with Crippen LogP contribution in [-0.4, -0.2) is 26.9 Å². The summed E-state index contributed by atoms with van der Waals surface area (Å²) in [6.07, 6.45) is 0.823. The molecule has 0 aliphatic heterocycles. The van der Waals surface area contributed by atoms with Crippen LogP contribution in [0.2, 0.25) is 0 Å². The van der Waals surface area contributed by atoms with E-state index in [4.69, 9.17) is 10.2 Å². The third-order valence-corrected chi connectivity index (χ3v) is 3.44. The Morgan fingerprint density at radius 2 is 2.00 bits per heavy atom. The highest BCUT2D eigenvalue weighted by atomic mass is 32.1. The smallest absolute Gasteiger partial charge is 0.371 e. The van der Waals surface area contributed by atoms with Crippen molar-refractivity contribution in [3.05, 3.63) is 63.6 Å². The van der Waals surface area contributed by atoms with Gasteiger partial charge in [-0.05, 0) is 11.6 Å². The van der Waals surface area contributed by atoms with Crippen LogP contribution in [0.1, 0.15) is 21.1 Å². The Labute approximate surface area is 123 Å². The highest BCUT2D eigenvalue weighted by Gasteiger charge is 2.13. The highest BCUT2D eigenvalue weighted by Crippen LogP contribution is 2.17. The van der Waals surface area contributed by atoms with Gasteiger partial charge in [0.05, 0.1) is 5.01 Å². The molecule has 21 heavy (non-hydrogen) atoms. The van der Waals surface area contributed by atoms with Gasteiger partial charge < -0.3 is 10.2 Å². The van der Waals surface area contributed by atoms with E-state index in [-0.39, 0.29) is 17.9 Å². The number of rotatable bonds is 5. The lowest BCUT2D eigenvalue weighted by molar-refractivity contribution is -0.135. The number of nitrogens with zero attached hydrogens (tertiary/aromatic N) is 1. The van der Waals surface area contributed by atoms with Gasteiger partial charge in [0.15, 0.2) is 0 Å². The maximum absolute atomic E-state index is 13.5. The first kappa shape index (κ1) is 14.9. The predicted octanol–water partition coefficient (Wildman–Crippen LogP) is 2.58. The Bertz CT molecular complexity index is 723. The largest absolute Gasteiger partial charge is 0.502 e. The summed E-state index contributed by atoms with van der Waals surface area (Å²) in [6, 6.07) is 6.23. The molecule has 1 aromatic carbocycles. The second kappa shape index (κ2) is 6.27. The van der Waals surface area contributed by atoms with Gasteiger partial charge in [-0.2, -0.15) is 0 Å². The van der Waals surface area contributed by atoms with E-state index in [9.17, 15) is 14.0 Å². The summed E-state index contributed by atoms with van der Waals surface area (Å²) in [5, 5.41) is 19.4. The molecule has 2 rings (SSSR count). The summed E-state index contributed by atoms with van der Waals surface area (Å²) in [5.41, 5.74) is 0.467. The maximum Gasteiger partial charge on any atom is 0.371 e. The monoisotopic (exact) mass is 307 g/mol. The Hall–Kier alpha value is -2.54. The number of aliphatic hydroxyl groups excluding tert-OH is 1. The van der Waals surface area contributed by atoms with Crippen LogP contribution in [-0.2, 0) is 11.2 Å². The molecule has 5 nitrogen and oxygen atoms in total. The van der Waals surface area contributed by atoms with Gasteiger partial charge >= 0.3 is 5.97 Å². The average Bonchev–Trinajstić information content (AvgIpc) is 2.90. The molecule has 7 heteroatoms. The quantitative estimate of drug-likeness (QED) is 0.503. The number of aliphatic carboxylic acids is 1. The number of carboxylic acid groups (broad SMARTS) is 1. The number of allylic oxidation sites excluding steroid dienone is 1. The number of halogens is 1. The molecular weight excluding hydrogens is 297 g/mol. The van der Waals surface area contributed by atoms with Gasteiger partial charge in [0.2, 0.25) is 11.5 Å². The van der Waals surface area contributed by atoms with Gasteiger partial charge in [0.25, 0.3) is 0 Å². The number of carboxylic acids is 1. The van der Waals surface area contributed by atoms with Gasteiger partial charge in [0.1, 0.15) is 11.5 Å². The molecule has 1 heterocycles. The fraction of sp³-hybridized carbons (Fsp3) is 0.0714. The summed E-state index contributed by atoms with van der Waals surface area (Å²) in [5.74, 6) is -3.72. The van der Waals surface area contributed by atoms with Crippen LogP contribution in [0.25, 0.3) is 0 Å². The zero-order valence-corrected chi connectivity index (χ0v) is 11.4. The molecule has 0 fully saturated rings. The Kier molecular flexibility index (Phi) is 4.44. The molecule has 0 bridgehead atoms. The van der Waals surface area contributed by atoms with Crippen molar-refractivity contribution in [1.82, 2.24) is 4.98 Å². The number of ketones is 1. The SMILES string of the molecule is O=C(O)/C(O)=C/C(=O)c1csc(Cc2ccccc2F)n1. The minimum atomic E-state index is -1.59. The molecule has 1 aromatic heterocycles. The van der Waals surface area contributed by atoms with Crippen LogP contribution in [0.5, 0.6) is 0 Å². The van der Waals surface area contributed by atoms with Crippen molar-refractivity contribution < 1.29 is 24.2 Å². The van der Waals surface area contributed by atoms with Crippen LogP contribution >= 0.6 is 11.3 Å². The summed E-state index contributed by atoms with van der Waals surface area (Å²) < 4.78 is 13.5. The van der Waals surface area contributed by atoms with Crippen molar-refractivity contribution >= 4 is 23.1 Å². The third kappa shape index (κ3) is 3.73. The number of benzene rings is 1. The normalized spacial score (nSPS) is 11.4. The molecule has 108 valence electrons. The second-order valence-corrected chi connectivity index (χ2v) is 5.04. The van der Waals surface area contributed by atoms with Gasteiger partial charge in [-0.25, -0.2) is 14.2 Å². The first-order valence-electron chi connectivity index (χ1n) is 5.83. The Balaban J connectivity index is 2.15. The molecule has 0 amide bonds. The number of thiazole rings is 1. The molecule has 0 radical (unpaired) electrons. The van der Waals surface area contributed by atoms with Crippen LogP contribution in [0, 0.1) is 5.82 Å². The number of hydrogen-bond acceptors (Lipinski definition) is 5. The topological polar surface area (TPSA) is 87.5 Å². The molecule has 0 saturated carbocycles. The van der Waals surface area contributed by atoms with E-state index in [0.717, 1.165) is 11.3 Å². The molecule has 0 saturated heterocycles. The molecular formula is C14H10FNO4S. The number of hydrogen-bond donors (Lipinski definition) is 2. The molecule has 0 spiro atoms. The van der Waals surface area contributed by atoms with Crippen molar-refractivity contribution in [2.75, 3.05) is 0 Å². The second-order valence-electron chi connectivity index (χ2n) is 4.09. The first-order valence-corrected chi connectivity index (χ1v) is 6.71. The van der Waals surface area contributed by atoms with E-state index in [1.54, 1.807) is 18.2 Å². The Morgan fingerprint density at radius 1 is 1.29 bits per heavy atom. The first-order chi connectivity index (χ1) is 9.97. The van der Waals surface area contributed by atoms with Crippen molar-refractivity contribution in [2.24, 2.45) is 0 Å². The summed E-state index contributed by atoms with van der Waals surface area (Å²) in [7, 11) is 0. The van der Waals surface area contributed by atoms with Crippen molar-refractivity contribution in [3.63, 3.8) is 0 Å². The van der Waals surface area contributed by atoms with Crippen LogP contribution < -0.4 is 0 Å². The average molecular weight is 307 g/mol. The number of aliphatic hydroxyl groups is 1. The molecule has 0 unspecified atom stereocenters. The Morgan fingerprint density at radius 3 is 2.67 bits per heavy atom. The maximum atomic E-state index is 13.5. The number of aromatic nitrogens is 1. The lowest BCUT2D eigenvalue weighted by atomic mass is 10.1. The zero-order chi connectivity index (χ0) is 15.4. The summed E-state index contributed by atoms with van der Waals surface area (Å²) >= 11 is 1.16. The standard InChI is InChI=1S/C14H10FNO4S/c15-9-4-2-1-3-8(9)5-13-16-10(7-21-13)11(17)6-12(18)14(19)20/h1-4,6-7,18H,5H2,(H,19,20)/b12-6-. The molecule has 2 aromatic rings. The molecule has 0 aliphatic rings. The fourth-order valence-corrected chi connectivity index (χ4v) is 2.38. The van der Waals surface area contributed by atoms with Crippen molar-refractivity contribution in [1.29, 1.82) is 0 Å². The minimum Gasteiger partial charge on any atom is -0.502 e. The number of carbonyl (C=O) groups excluding carboxylic acids is 1. The lowest BCUT2D eigenvalue weighted by Crippen LogP contribution is -2.04. The summed E-state index contributed by atoms with van der Waals surface area (Å²) in [4.78, 5) is 26.1. The zero-order valence-electron chi connectivity index (χ0n) is 10.6. The summed E-state index contributed by atoms with van der Waals surface area (Å²) in [6.45, 7) is 0. The van der Waals surface area contributed by atoms with Crippen LogP contribution in [0.4, 0.5) is 4.39 Å². The third-order valence-electron chi connectivity index (χ3n) is 2.59. The van der Waals surface area contributed by atoms with Gasteiger partial charge in [-0.1, -0.05) is 18.2 Å². The highest BCUT2D eigenvalue weighted by molar-refractivity contribution is 7.09. The molecule has 0 aliphatic carbocycles. The predicted molar refractivity (Wildman–Crippen MR) is 74.0 cm³/mol. The van der Waals surface area contributed by atoms with E-state index < -0.39 is 17.5 Å². The molecule has 2 N–H and O–H groups in total. The minimum absolute atomic E-state index is 0.0131. The van der Waals surface area contributed by atoms with Gasteiger partial charge in [-0.3, -0.25) is 4.79 Å². The van der Waals surface area contributed by atoms with Crippen molar-refractivity contribution in [2.45, 2.75) is 6.42 Å². The van der Waals surface area contributed by atoms with Crippen LogP contribution in [0.15, 0.2) is 41.5 Å². The van der Waals surface area contributed by atoms with Crippen LogP contribution in [0.3, 0.4) is 0 Å². The molecule has 0 atom stereocenters. The van der Waals surface area contributed by atoms with E-state index in [1.807, 2.05) is 0 Å². The number of carbonyl (C=O) groups is 2. The van der Waals surface area contributed by atoms with Gasteiger partial charge in [0, 0.05) is 17.9 Å². The van der Waals surface area contributed by atoms with E-state index in [1.165, 1.54) is 11.4 Å².